The third-order valence-electron chi connectivity index (χ3n) is 4.18. The Bertz CT molecular complexity index is 969. The Kier molecular flexibility index (Phi) is 3.61. The number of nitrogens with zero attached hydrogens (tertiary/aromatic N) is 4. The number of hydrogen-bond acceptors (Lipinski definition) is 4. The Morgan fingerprint density at radius 3 is 2.80 bits per heavy atom. The lowest BCUT2D eigenvalue weighted by Gasteiger charge is -2.34. The molecule has 0 unspecified atom stereocenters. The molecule has 3 aromatic rings. The largest absolute Gasteiger partial charge is 0.371 e. The van der Waals surface area contributed by atoms with Crippen molar-refractivity contribution in [2.45, 2.75) is 25.8 Å². The molecular formula is C17H14BrF2N5. The summed E-state index contributed by atoms with van der Waals surface area (Å²) in [5.74, 6) is -0.219. The number of aromatic nitrogens is 4. The van der Waals surface area contributed by atoms with E-state index >= 15 is 0 Å². The van der Waals surface area contributed by atoms with E-state index in [1.165, 1.54) is 6.07 Å². The number of pyridine rings is 1. The summed E-state index contributed by atoms with van der Waals surface area (Å²) < 4.78 is 30.3. The molecule has 0 radical (unpaired) electrons. The SMILES string of the molecule is CC1(C)Nc2cc(F)c(Br)c(F)c2-n2c(Cc3cccnc3)nnc21. The normalized spacial score (nSPS) is 14.6. The van der Waals surface area contributed by atoms with Crippen LogP contribution in [0.25, 0.3) is 5.69 Å². The van der Waals surface area contributed by atoms with Crippen LogP contribution in [0, 0.1) is 11.6 Å². The fourth-order valence-electron chi connectivity index (χ4n) is 3.05. The van der Waals surface area contributed by atoms with Gasteiger partial charge in [0.15, 0.2) is 11.6 Å². The average Bonchev–Trinajstić information content (AvgIpc) is 2.98. The molecule has 0 spiro atoms. The number of anilines is 1. The lowest BCUT2D eigenvalue weighted by atomic mass is 9.99. The molecule has 0 atom stereocenters. The molecule has 4 rings (SSSR count). The smallest absolute Gasteiger partial charge is 0.166 e. The molecule has 1 aliphatic rings. The van der Waals surface area contributed by atoms with Gasteiger partial charge in [-0.3, -0.25) is 9.55 Å². The van der Waals surface area contributed by atoms with E-state index < -0.39 is 17.2 Å². The van der Waals surface area contributed by atoms with Crippen LogP contribution in [0.3, 0.4) is 0 Å². The quantitative estimate of drug-likeness (QED) is 0.655. The molecular weight excluding hydrogens is 392 g/mol. The predicted octanol–water partition coefficient (Wildman–Crippen LogP) is 3.95. The maximum Gasteiger partial charge on any atom is 0.166 e. The molecule has 5 nitrogen and oxygen atoms in total. The van der Waals surface area contributed by atoms with Gasteiger partial charge in [-0.15, -0.1) is 10.2 Å². The van der Waals surface area contributed by atoms with Crippen LogP contribution in [0.15, 0.2) is 35.1 Å². The summed E-state index contributed by atoms with van der Waals surface area (Å²) in [6, 6.07) is 5.02. The van der Waals surface area contributed by atoms with Crippen molar-refractivity contribution in [2.75, 3.05) is 5.32 Å². The number of rotatable bonds is 2. The van der Waals surface area contributed by atoms with E-state index in [0.717, 1.165) is 5.56 Å². The number of halogens is 3. The van der Waals surface area contributed by atoms with Crippen LogP contribution >= 0.6 is 15.9 Å². The van der Waals surface area contributed by atoms with Crippen molar-refractivity contribution >= 4 is 21.6 Å². The van der Waals surface area contributed by atoms with Crippen molar-refractivity contribution < 1.29 is 8.78 Å². The van der Waals surface area contributed by atoms with Gasteiger partial charge in [-0.2, -0.15) is 0 Å². The molecule has 0 fully saturated rings. The summed E-state index contributed by atoms with van der Waals surface area (Å²) in [6.07, 6.45) is 3.85. The minimum absolute atomic E-state index is 0.209. The van der Waals surface area contributed by atoms with Gasteiger partial charge in [0.05, 0.1) is 15.7 Å². The zero-order valence-electron chi connectivity index (χ0n) is 13.5. The van der Waals surface area contributed by atoms with E-state index in [9.17, 15) is 8.78 Å². The first-order chi connectivity index (χ1) is 11.9. The number of hydrogen-bond donors (Lipinski definition) is 1. The van der Waals surface area contributed by atoms with Gasteiger partial charge < -0.3 is 5.32 Å². The van der Waals surface area contributed by atoms with Crippen molar-refractivity contribution in [2.24, 2.45) is 0 Å². The number of nitrogens with one attached hydrogen (secondary N) is 1. The Hall–Kier alpha value is -2.35. The second-order valence-corrected chi connectivity index (χ2v) is 7.24. The molecule has 1 aromatic carbocycles. The standard InChI is InChI=1S/C17H14BrF2N5/c1-17(2)16-24-23-12(6-9-4-3-5-21-8-9)25(16)15-11(22-17)7-10(19)13(18)14(15)20/h3-5,7-8,22H,6H2,1-2H3. The van der Waals surface area contributed by atoms with Gasteiger partial charge in [-0.25, -0.2) is 8.78 Å². The molecule has 0 saturated carbocycles. The van der Waals surface area contributed by atoms with Crippen LogP contribution in [0.2, 0.25) is 0 Å². The van der Waals surface area contributed by atoms with Crippen LogP contribution in [-0.2, 0) is 12.0 Å². The third kappa shape index (κ3) is 2.52. The second-order valence-electron chi connectivity index (χ2n) is 6.45. The average molecular weight is 406 g/mol. The molecule has 2 aromatic heterocycles. The monoisotopic (exact) mass is 405 g/mol. The lowest BCUT2D eigenvalue weighted by Crippen LogP contribution is -2.36. The van der Waals surface area contributed by atoms with E-state index in [4.69, 9.17) is 0 Å². The van der Waals surface area contributed by atoms with Gasteiger partial charge in [0.2, 0.25) is 0 Å². The molecule has 1 N–H and O–H groups in total. The van der Waals surface area contributed by atoms with Crippen LogP contribution in [0.4, 0.5) is 14.5 Å². The topological polar surface area (TPSA) is 55.6 Å². The van der Waals surface area contributed by atoms with Gasteiger partial charge >= 0.3 is 0 Å². The van der Waals surface area contributed by atoms with Gasteiger partial charge in [0, 0.05) is 24.9 Å². The molecule has 25 heavy (non-hydrogen) atoms. The Morgan fingerprint density at radius 2 is 2.08 bits per heavy atom. The summed E-state index contributed by atoms with van der Waals surface area (Å²) in [7, 11) is 0. The highest BCUT2D eigenvalue weighted by atomic mass is 79.9. The van der Waals surface area contributed by atoms with E-state index in [-0.39, 0.29) is 10.2 Å². The van der Waals surface area contributed by atoms with E-state index in [0.29, 0.717) is 23.8 Å². The molecule has 128 valence electrons. The highest BCUT2D eigenvalue weighted by Gasteiger charge is 2.37. The summed E-state index contributed by atoms with van der Waals surface area (Å²) in [6.45, 7) is 3.78. The first kappa shape index (κ1) is 16.1. The van der Waals surface area contributed by atoms with Crippen molar-refractivity contribution in [3.8, 4) is 5.69 Å². The highest BCUT2D eigenvalue weighted by molar-refractivity contribution is 9.10. The second kappa shape index (κ2) is 5.59. The van der Waals surface area contributed by atoms with Crippen LogP contribution in [0.1, 0.15) is 31.1 Å². The maximum absolute atomic E-state index is 14.9. The van der Waals surface area contributed by atoms with Crippen molar-refractivity contribution in [1.82, 2.24) is 19.7 Å². The number of fused-ring (bicyclic) bond motifs is 3. The lowest BCUT2D eigenvalue weighted by molar-refractivity contribution is 0.511. The fourth-order valence-corrected chi connectivity index (χ4v) is 3.35. The molecule has 0 bridgehead atoms. The zero-order valence-corrected chi connectivity index (χ0v) is 15.1. The molecule has 0 amide bonds. The first-order valence-electron chi connectivity index (χ1n) is 7.68. The van der Waals surface area contributed by atoms with Gasteiger partial charge in [0.25, 0.3) is 0 Å². The van der Waals surface area contributed by atoms with E-state index in [1.54, 1.807) is 17.0 Å². The molecule has 0 aliphatic carbocycles. The maximum atomic E-state index is 14.9. The summed E-state index contributed by atoms with van der Waals surface area (Å²) in [5, 5.41) is 11.6. The summed E-state index contributed by atoms with van der Waals surface area (Å²) in [5.41, 5.74) is 0.881. The Morgan fingerprint density at radius 1 is 1.28 bits per heavy atom. The summed E-state index contributed by atoms with van der Waals surface area (Å²) in [4.78, 5) is 4.09. The zero-order chi connectivity index (χ0) is 17.8. The third-order valence-corrected chi connectivity index (χ3v) is 4.91. The number of benzene rings is 1. The van der Waals surface area contributed by atoms with Crippen molar-refractivity contribution in [1.29, 1.82) is 0 Å². The molecule has 0 saturated heterocycles. The molecule has 8 heteroatoms. The summed E-state index contributed by atoms with van der Waals surface area (Å²) >= 11 is 2.98. The van der Waals surface area contributed by atoms with Crippen LogP contribution in [0.5, 0.6) is 0 Å². The molecule has 1 aliphatic heterocycles. The van der Waals surface area contributed by atoms with Gasteiger partial charge in [0.1, 0.15) is 17.3 Å². The van der Waals surface area contributed by atoms with Gasteiger partial charge in [-0.1, -0.05) is 6.07 Å². The Balaban J connectivity index is 1.94. The first-order valence-corrected chi connectivity index (χ1v) is 8.47. The van der Waals surface area contributed by atoms with Crippen LogP contribution < -0.4 is 5.32 Å². The van der Waals surface area contributed by atoms with Crippen molar-refractivity contribution in [3.05, 3.63) is 63.9 Å². The molecule has 3 heterocycles. The fraction of sp³-hybridized carbons (Fsp3) is 0.235. The van der Waals surface area contributed by atoms with Gasteiger partial charge in [-0.05, 0) is 41.4 Å². The van der Waals surface area contributed by atoms with Crippen molar-refractivity contribution in [3.63, 3.8) is 0 Å². The predicted molar refractivity (Wildman–Crippen MR) is 92.7 cm³/mol. The van der Waals surface area contributed by atoms with E-state index in [2.05, 4.69) is 36.4 Å². The highest BCUT2D eigenvalue weighted by Crippen LogP contribution is 2.41. The Labute approximate surface area is 151 Å². The van der Waals surface area contributed by atoms with E-state index in [1.807, 2.05) is 26.0 Å². The minimum atomic E-state index is -0.688. The van der Waals surface area contributed by atoms with Crippen LogP contribution in [-0.4, -0.2) is 19.7 Å². The minimum Gasteiger partial charge on any atom is -0.371 e.